The molecule has 2 N–H and O–H groups in total. The Labute approximate surface area is 146 Å². The van der Waals surface area contributed by atoms with E-state index in [1.807, 2.05) is 0 Å². The van der Waals surface area contributed by atoms with Crippen LogP contribution in [0.3, 0.4) is 0 Å². The summed E-state index contributed by atoms with van der Waals surface area (Å²) in [6.07, 6.45) is -0.671. The van der Waals surface area contributed by atoms with E-state index in [-0.39, 0.29) is 12.2 Å². The van der Waals surface area contributed by atoms with Crippen molar-refractivity contribution < 1.29 is 33.7 Å². The molecule has 1 amide bonds. The molecule has 0 heterocycles. The minimum atomic E-state index is -1.10. The zero-order valence-corrected chi connectivity index (χ0v) is 15.0. The maximum absolute atomic E-state index is 12.0. The highest BCUT2D eigenvalue weighted by Crippen LogP contribution is 2.24. The minimum Gasteiger partial charge on any atom is -0.480 e. The highest BCUT2D eigenvalue weighted by molar-refractivity contribution is 5.95. The summed E-state index contributed by atoms with van der Waals surface area (Å²) >= 11 is 0. The molecule has 0 saturated carbocycles. The van der Waals surface area contributed by atoms with Crippen LogP contribution in [0, 0.1) is 6.92 Å². The molecule has 1 aromatic rings. The number of methoxy groups -OCH3 is 1. The molecule has 0 atom stereocenters. The van der Waals surface area contributed by atoms with Gasteiger partial charge >= 0.3 is 18.0 Å². The zero-order valence-electron chi connectivity index (χ0n) is 15.0. The number of carboxylic acids is 1. The van der Waals surface area contributed by atoms with Gasteiger partial charge in [0.2, 0.25) is 0 Å². The van der Waals surface area contributed by atoms with Gasteiger partial charge in [-0.25, -0.2) is 14.4 Å². The summed E-state index contributed by atoms with van der Waals surface area (Å²) in [7, 11) is 1.25. The molecular weight excluding hydrogens is 330 g/mol. The molecule has 0 fully saturated rings. The molecule has 1 aromatic carbocycles. The van der Waals surface area contributed by atoms with E-state index in [1.54, 1.807) is 33.8 Å². The van der Waals surface area contributed by atoms with Gasteiger partial charge in [0, 0.05) is 5.69 Å². The molecular formula is C17H23NO7. The second-order valence-corrected chi connectivity index (χ2v) is 6.32. The average molecular weight is 353 g/mol. The third-order valence-corrected chi connectivity index (χ3v) is 3.00. The Balaban J connectivity index is 3.10. The first-order valence-corrected chi connectivity index (χ1v) is 7.55. The number of amides is 1. The van der Waals surface area contributed by atoms with E-state index in [2.05, 4.69) is 5.32 Å². The molecule has 0 radical (unpaired) electrons. The molecule has 0 saturated heterocycles. The predicted molar refractivity (Wildman–Crippen MR) is 89.7 cm³/mol. The number of nitrogens with one attached hydrogen (secondary N) is 1. The fraction of sp³-hybridized carbons (Fsp3) is 0.471. The van der Waals surface area contributed by atoms with Gasteiger partial charge in [-0.05, 0) is 51.0 Å². The number of hydrogen-bond donors (Lipinski definition) is 2. The van der Waals surface area contributed by atoms with Crippen LogP contribution in [0.4, 0.5) is 10.5 Å². The molecule has 0 spiro atoms. The summed E-state index contributed by atoms with van der Waals surface area (Å²) in [5.74, 6) is -1.68. The Kier molecular flexibility index (Phi) is 6.93. The lowest BCUT2D eigenvalue weighted by atomic mass is 10.0. The van der Waals surface area contributed by atoms with Crippen molar-refractivity contribution in [3.05, 3.63) is 28.8 Å². The smallest absolute Gasteiger partial charge is 0.412 e. The fourth-order valence-corrected chi connectivity index (χ4v) is 1.98. The summed E-state index contributed by atoms with van der Waals surface area (Å²) in [5, 5.41) is 11.2. The van der Waals surface area contributed by atoms with Crippen molar-refractivity contribution >= 4 is 23.7 Å². The van der Waals surface area contributed by atoms with Gasteiger partial charge in [-0.2, -0.15) is 0 Å². The first kappa shape index (κ1) is 20.4. The maximum Gasteiger partial charge on any atom is 0.412 e. The number of anilines is 1. The fourth-order valence-electron chi connectivity index (χ4n) is 1.98. The van der Waals surface area contributed by atoms with Crippen molar-refractivity contribution in [2.75, 3.05) is 19.0 Å². The van der Waals surface area contributed by atoms with Crippen molar-refractivity contribution in [1.29, 1.82) is 0 Å². The number of aliphatic carboxylic acids is 1. The van der Waals surface area contributed by atoms with Crippen LogP contribution < -0.4 is 5.32 Å². The zero-order chi connectivity index (χ0) is 19.2. The van der Waals surface area contributed by atoms with Crippen LogP contribution in [0.1, 0.15) is 42.3 Å². The van der Waals surface area contributed by atoms with Crippen molar-refractivity contribution in [1.82, 2.24) is 0 Å². The van der Waals surface area contributed by atoms with Gasteiger partial charge < -0.3 is 19.3 Å². The molecule has 0 aliphatic heterocycles. The van der Waals surface area contributed by atoms with E-state index in [1.165, 1.54) is 13.2 Å². The Morgan fingerprint density at radius 1 is 1.20 bits per heavy atom. The van der Waals surface area contributed by atoms with Crippen LogP contribution in [-0.4, -0.2) is 42.5 Å². The molecule has 138 valence electrons. The van der Waals surface area contributed by atoms with E-state index < -0.39 is 30.2 Å². The first-order valence-electron chi connectivity index (χ1n) is 7.55. The lowest BCUT2D eigenvalue weighted by Crippen LogP contribution is -2.27. The molecule has 0 unspecified atom stereocenters. The van der Waals surface area contributed by atoms with E-state index in [9.17, 15) is 14.4 Å². The van der Waals surface area contributed by atoms with Gasteiger partial charge in [-0.15, -0.1) is 0 Å². The SMILES string of the molecule is COC(=O)c1cc(COCC(=O)O)cc(NC(=O)OC(C)(C)C)c1C. The summed E-state index contributed by atoms with van der Waals surface area (Å²) in [4.78, 5) is 34.5. The van der Waals surface area contributed by atoms with Crippen LogP contribution in [0.25, 0.3) is 0 Å². The number of benzene rings is 1. The minimum absolute atomic E-state index is 0.0421. The van der Waals surface area contributed by atoms with E-state index in [0.29, 0.717) is 16.8 Å². The number of carbonyl (C=O) groups excluding carboxylic acids is 2. The van der Waals surface area contributed by atoms with Gasteiger partial charge in [-0.3, -0.25) is 5.32 Å². The van der Waals surface area contributed by atoms with Gasteiger partial charge in [0.15, 0.2) is 0 Å². The third kappa shape index (κ3) is 6.80. The monoisotopic (exact) mass is 353 g/mol. The molecule has 0 aromatic heterocycles. The Morgan fingerprint density at radius 2 is 1.84 bits per heavy atom. The maximum atomic E-state index is 12.0. The molecule has 0 aliphatic rings. The second kappa shape index (κ2) is 8.48. The Morgan fingerprint density at radius 3 is 2.36 bits per heavy atom. The third-order valence-electron chi connectivity index (χ3n) is 3.00. The highest BCUT2D eigenvalue weighted by Gasteiger charge is 2.20. The van der Waals surface area contributed by atoms with Gasteiger partial charge in [0.05, 0.1) is 19.3 Å². The Hall–Kier alpha value is -2.61. The molecule has 25 heavy (non-hydrogen) atoms. The van der Waals surface area contributed by atoms with Crippen LogP contribution in [-0.2, 0) is 25.6 Å². The van der Waals surface area contributed by atoms with Crippen molar-refractivity contribution in [3.63, 3.8) is 0 Å². The summed E-state index contributed by atoms with van der Waals surface area (Å²) in [5.41, 5.74) is 0.930. The van der Waals surface area contributed by atoms with E-state index in [0.717, 1.165) is 0 Å². The quantitative estimate of drug-likeness (QED) is 0.756. The number of ether oxygens (including phenoxy) is 3. The van der Waals surface area contributed by atoms with Crippen molar-refractivity contribution in [2.24, 2.45) is 0 Å². The van der Waals surface area contributed by atoms with E-state index >= 15 is 0 Å². The number of carboxylic acid groups (broad SMARTS) is 1. The van der Waals surface area contributed by atoms with Crippen LogP contribution in [0.2, 0.25) is 0 Å². The average Bonchev–Trinajstić information content (AvgIpc) is 2.47. The predicted octanol–water partition coefficient (Wildman–Crippen LogP) is 2.73. The normalized spacial score (nSPS) is 10.9. The lowest BCUT2D eigenvalue weighted by molar-refractivity contribution is -0.142. The lowest BCUT2D eigenvalue weighted by Gasteiger charge is -2.21. The second-order valence-electron chi connectivity index (χ2n) is 6.32. The number of carbonyl (C=O) groups is 3. The van der Waals surface area contributed by atoms with Gasteiger partial charge in [-0.1, -0.05) is 0 Å². The largest absolute Gasteiger partial charge is 0.480 e. The molecule has 8 nitrogen and oxygen atoms in total. The summed E-state index contributed by atoms with van der Waals surface area (Å²) < 4.78 is 15.0. The summed E-state index contributed by atoms with van der Waals surface area (Å²) in [6.45, 7) is 6.33. The van der Waals surface area contributed by atoms with Gasteiger partial charge in [0.25, 0.3) is 0 Å². The van der Waals surface area contributed by atoms with Crippen molar-refractivity contribution in [3.8, 4) is 0 Å². The van der Waals surface area contributed by atoms with Crippen LogP contribution in [0.5, 0.6) is 0 Å². The van der Waals surface area contributed by atoms with Gasteiger partial charge in [0.1, 0.15) is 12.2 Å². The topological polar surface area (TPSA) is 111 Å². The molecule has 0 aliphatic carbocycles. The molecule has 0 bridgehead atoms. The molecule has 1 rings (SSSR count). The van der Waals surface area contributed by atoms with Crippen LogP contribution in [0.15, 0.2) is 12.1 Å². The first-order chi connectivity index (χ1) is 11.5. The number of esters is 1. The highest BCUT2D eigenvalue weighted by atomic mass is 16.6. The number of rotatable bonds is 6. The number of hydrogen-bond acceptors (Lipinski definition) is 6. The molecule has 8 heteroatoms. The Bertz CT molecular complexity index is 662. The standard InChI is InChI=1S/C17H23NO7/c1-10-12(15(21)23-5)6-11(8-24-9-14(19)20)7-13(10)18-16(22)25-17(2,3)4/h6-7H,8-9H2,1-5H3,(H,18,22)(H,19,20). The summed E-state index contributed by atoms with van der Waals surface area (Å²) in [6, 6.07) is 3.12. The van der Waals surface area contributed by atoms with Crippen molar-refractivity contribution in [2.45, 2.75) is 39.9 Å². The van der Waals surface area contributed by atoms with Crippen LogP contribution >= 0.6 is 0 Å². The van der Waals surface area contributed by atoms with E-state index in [4.69, 9.17) is 19.3 Å².